The molecule has 2 aromatic carbocycles. The molecule has 0 amide bonds. The van der Waals surface area contributed by atoms with E-state index in [1.165, 1.54) is 5.56 Å². The van der Waals surface area contributed by atoms with Crippen molar-refractivity contribution in [2.75, 3.05) is 0 Å². The number of benzene rings is 2. The first kappa shape index (κ1) is 17.4. The molecule has 0 atom stereocenters. The van der Waals surface area contributed by atoms with Gasteiger partial charge in [0.25, 0.3) is 0 Å². The number of hydrogen-bond acceptors (Lipinski definition) is 3. The van der Waals surface area contributed by atoms with E-state index in [-0.39, 0.29) is 0 Å². The molecule has 7 heteroatoms. The van der Waals surface area contributed by atoms with Crippen molar-refractivity contribution in [3.63, 3.8) is 0 Å². The molecule has 5 nitrogen and oxygen atoms in total. The van der Waals surface area contributed by atoms with Crippen molar-refractivity contribution in [3.8, 4) is 11.1 Å². The Labute approximate surface area is 139 Å². The van der Waals surface area contributed by atoms with E-state index in [9.17, 15) is 0 Å². The number of hydrogen-bond donors (Lipinski definition) is 2. The number of nitrogens with zero attached hydrogens (tertiary/aromatic N) is 1. The second-order valence-electron chi connectivity index (χ2n) is 4.83. The summed E-state index contributed by atoms with van der Waals surface area (Å²) in [5, 5.41) is 1.66. The second-order valence-corrected chi connectivity index (χ2v) is 6.09. The highest BCUT2D eigenvalue weighted by molar-refractivity contribution is 7.79. The van der Waals surface area contributed by atoms with Crippen LogP contribution in [0.4, 0.5) is 0 Å². The maximum atomic E-state index is 8.74. The van der Waals surface area contributed by atoms with Crippen molar-refractivity contribution in [1.82, 2.24) is 4.98 Å². The first-order chi connectivity index (χ1) is 10.7. The summed E-state index contributed by atoms with van der Waals surface area (Å²) in [4.78, 5) is 4.44. The first-order valence-electron chi connectivity index (χ1n) is 6.56. The minimum atomic E-state index is -4.67. The van der Waals surface area contributed by atoms with Gasteiger partial charge in [-0.05, 0) is 24.6 Å². The molecular weight excluding hydrogens is 338 g/mol. The Morgan fingerprint density at radius 2 is 1.57 bits per heavy atom. The van der Waals surface area contributed by atoms with Crippen molar-refractivity contribution in [1.29, 1.82) is 0 Å². The molecule has 1 heterocycles. The van der Waals surface area contributed by atoms with Crippen LogP contribution in [0.3, 0.4) is 0 Å². The van der Waals surface area contributed by atoms with E-state index < -0.39 is 10.4 Å². The van der Waals surface area contributed by atoms with Gasteiger partial charge in [0.15, 0.2) is 0 Å². The zero-order chi connectivity index (χ0) is 17.0. The van der Waals surface area contributed by atoms with Crippen LogP contribution in [0.1, 0.15) is 5.56 Å². The van der Waals surface area contributed by atoms with Crippen molar-refractivity contribution in [3.05, 3.63) is 65.3 Å². The Hall–Kier alpha value is -1.99. The number of pyridine rings is 1. The van der Waals surface area contributed by atoms with Crippen molar-refractivity contribution in [2.24, 2.45) is 0 Å². The summed E-state index contributed by atoms with van der Waals surface area (Å²) in [7, 11) is -4.67. The Kier molecular flexibility index (Phi) is 5.33. The van der Waals surface area contributed by atoms with Gasteiger partial charge in [-0.25, -0.2) is 4.98 Å². The van der Waals surface area contributed by atoms with E-state index in [1.807, 2.05) is 18.2 Å². The molecule has 0 saturated carbocycles. The lowest BCUT2D eigenvalue weighted by Crippen LogP contribution is -1.89. The molecule has 120 valence electrons. The third-order valence-corrected chi connectivity index (χ3v) is 3.33. The molecule has 0 aliphatic heterocycles. The number of halogens is 1. The van der Waals surface area contributed by atoms with Crippen LogP contribution < -0.4 is 0 Å². The average molecular weight is 352 g/mol. The van der Waals surface area contributed by atoms with Crippen LogP contribution in [-0.4, -0.2) is 22.5 Å². The fourth-order valence-electron chi connectivity index (χ4n) is 2.03. The number of para-hydroxylation sites is 1. The lowest BCUT2D eigenvalue weighted by Gasteiger charge is -2.06. The molecule has 1 aromatic heterocycles. The van der Waals surface area contributed by atoms with Crippen LogP contribution in [0.5, 0.6) is 0 Å². The molecule has 3 aromatic rings. The van der Waals surface area contributed by atoms with Gasteiger partial charge in [0.2, 0.25) is 0 Å². The predicted octanol–water partition coefficient (Wildman–Crippen LogP) is 4.21. The highest BCUT2D eigenvalue weighted by atomic mass is 35.5. The molecule has 3 rings (SSSR count). The van der Waals surface area contributed by atoms with Gasteiger partial charge < -0.3 is 0 Å². The summed E-state index contributed by atoms with van der Waals surface area (Å²) < 4.78 is 31.6. The van der Waals surface area contributed by atoms with Crippen LogP contribution >= 0.6 is 11.6 Å². The molecule has 0 unspecified atom stereocenters. The zero-order valence-corrected chi connectivity index (χ0v) is 13.7. The van der Waals surface area contributed by atoms with Crippen molar-refractivity contribution in [2.45, 2.75) is 6.92 Å². The van der Waals surface area contributed by atoms with E-state index in [4.69, 9.17) is 29.1 Å². The van der Waals surface area contributed by atoms with E-state index in [0.29, 0.717) is 5.15 Å². The summed E-state index contributed by atoms with van der Waals surface area (Å²) in [6, 6.07) is 18.4. The summed E-state index contributed by atoms with van der Waals surface area (Å²) in [5.74, 6) is 0. The summed E-state index contributed by atoms with van der Waals surface area (Å²) in [6.45, 7) is 2.07. The van der Waals surface area contributed by atoms with Crippen molar-refractivity contribution >= 4 is 32.9 Å². The smallest absolute Gasteiger partial charge is 0.264 e. The fourth-order valence-corrected chi connectivity index (χ4v) is 2.28. The first-order valence-corrected chi connectivity index (χ1v) is 8.34. The van der Waals surface area contributed by atoms with Crippen LogP contribution in [0, 0.1) is 6.92 Å². The SMILES string of the molecule is Cc1ccc(-c2cc3ccccc3nc2Cl)cc1.O=S(=O)(O)O. The van der Waals surface area contributed by atoms with Gasteiger partial charge in [0, 0.05) is 10.9 Å². The largest absolute Gasteiger partial charge is 0.394 e. The van der Waals surface area contributed by atoms with Gasteiger partial charge in [-0.15, -0.1) is 0 Å². The Morgan fingerprint density at radius 3 is 2.17 bits per heavy atom. The Bertz CT molecular complexity index is 916. The van der Waals surface area contributed by atoms with Crippen LogP contribution in [0.2, 0.25) is 5.15 Å². The average Bonchev–Trinajstić information content (AvgIpc) is 2.46. The van der Waals surface area contributed by atoms with Gasteiger partial charge >= 0.3 is 10.4 Å². The van der Waals surface area contributed by atoms with E-state index in [1.54, 1.807) is 0 Å². The molecule has 0 bridgehead atoms. The molecule has 0 aliphatic rings. The third-order valence-electron chi connectivity index (χ3n) is 3.04. The summed E-state index contributed by atoms with van der Waals surface area (Å²) in [6.07, 6.45) is 0. The second kappa shape index (κ2) is 7.06. The Morgan fingerprint density at radius 1 is 1.00 bits per heavy atom. The lowest BCUT2D eigenvalue weighted by atomic mass is 10.0. The standard InChI is InChI=1S/C16H12ClN.H2O4S/c1-11-6-8-12(9-7-11)14-10-13-4-2-3-5-15(13)18-16(14)17;1-5(2,3)4/h2-10H,1H3;(H2,1,2,3,4). The topological polar surface area (TPSA) is 87.5 Å². The highest BCUT2D eigenvalue weighted by Gasteiger charge is 2.06. The molecule has 0 radical (unpaired) electrons. The number of fused-ring (bicyclic) bond motifs is 1. The van der Waals surface area contributed by atoms with E-state index >= 15 is 0 Å². The predicted molar refractivity (Wildman–Crippen MR) is 91.1 cm³/mol. The van der Waals surface area contributed by atoms with Crippen LogP contribution in [0.25, 0.3) is 22.0 Å². The van der Waals surface area contributed by atoms with Gasteiger partial charge in [-0.3, -0.25) is 9.11 Å². The molecule has 0 aliphatic carbocycles. The van der Waals surface area contributed by atoms with Gasteiger partial charge in [0.1, 0.15) is 5.15 Å². The minimum absolute atomic E-state index is 0.553. The molecule has 0 fully saturated rings. The maximum Gasteiger partial charge on any atom is 0.394 e. The molecular formula is C16H14ClNO4S. The third kappa shape index (κ3) is 5.30. The molecule has 2 N–H and O–H groups in total. The quantitative estimate of drug-likeness (QED) is 0.506. The number of aromatic nitrogens is 1. The zero-order valence-electron chi connectivity index (χ0n) is 12.1. The lowest BCUT2D eigenvalue weighted by molar-refractivity contribution is 0.381. The normalized spacial score (nSPS) is 11.0. The molecule has 0 spiro atoms. The van der Waals surface area contributed by atoms with Gasteiger partial charge in [-0.2, -0.15) is 8.42 Å². The monoisotopic (exact) mass is 351 g/mol. The molecule has 23 heavy (non-hydrogen) atoms. The fraction of sp³-hybridized carbons (Fsp3) is 0.0625. The van der Waals surface area contributed by atoms with Crippen LogP contribution in [0.15, 0.2) is 54.6 Å². The highest BCUT2D eigenvalue weighted by Crippen LogP contribution is 2.29. The molecule has 0 saturated heterocycles. The van der Waals surface area contributed by atoms with Crippen LogP contribution in [-0.2, 0) is 10.4 Å². The summed E-state index contributed by atoms with van der Waals surface area (Å²) >= 11 is 6.27. The Balaban J connectivity index is 0.000000338. The van der Waals surface area contributed by atoms with E-state index in [2.05, 4.69) is 48.3 Å². The number of rotatable bonds is 1. The maximum absolute atomic E-state index is 8.74. The van der Waals surface area contributed by atoms with Gasteiger partial charge in [0.05, 0.1) is 5.52 Å². The van der Waals surface area contributed by atoms with Gasteiger partial charge in [-0.1, -0.05) is 59.6 Å². The minimum Gasteiger partial charge on any atom is -0.264 e. The van der Waals surface area contributed by atoms with E-state index in [0.717, 1.165) is 22.0 Å². The summed E-state index contributed by atoms with van der Waals surface area (Å²) in [5.41, 5.74) is 4.25. The number of aryl methyl sites for hydroxylation is 1. The van der Waals surface area contributed by atoms with Crippen molar-refractivity contribution < 1.29 is 17.5 Å².